The van der Waals surface area contributed by atoms with Crippen LogP contribution in [0.4, 0.5) is 16.0 Å². The number of halogens is 4. The number of methoxy groups -OCH3 is 2. The lowest BCUT2D eigenvalue weighted by molar-refractivity contribution is 0.0977. The maximum absolute atomic E-state index is 14.8. The highest BCUT2D eigenvalue weighted by Gasteiger charge is 2.24. The molecule has 2 amide bonds. The smallest absolute Gasteiger partial charge is 0.257 e. The molecule has 0 saturated carbocycles. The second-order valence-electron chi connectivity index (χ2n) is 15.2. The number of benzene rings is 4. The fourth-order valence-corrected chi connectivity index (χ4v) is 6.96. The van der Waals surface area contributed by atoms with Crippen LogP contribution in [0.1, 0.15) is 69.2 Å². The van der Waals surface area contributed by atoms with Crippen LogP contribution in [0.25, 0.3) is 0 Å². The molecule has 346 valence electrons. The normalized spacial score (nSPS) is 10.5. The predicted molar refractivity (Wildman–Crippen MR) is 260 cm³/mol. The zero-order valence-corrected chi connectivity index (χ0v) is 39.7. The minimum absolute atomic E-state index is 0.0817. The van der Waals surface area contributed by atoms with Crippen LogP contribution in [0, 0.1) is 23.6 Å². The first-order valence-electron chi connectivity index (χ1n) is 20.2. The fourth-order valence-electron chi connectivity index (χ4n) is 6.53. The van der Waals surface area contributed by atoms with Crippen LogP contribution in [0.15, 0.2) is 103 Å². The number of amides is 2. The molecule has 2 aromatic heterocycles. The molecule has 0 fully saturated rings. The molecule has 0 bridgehead atoms. The Morgan fingerprint density at radius 2 is 1.04 bits per heavy atom. The Morgan fingerprint density at radius 3 is 1.52 bits per heavy atom. The third-order valence-electron chi connectivity index (χ3n) is 9.99. The van der Waals surface area contributed by atoms with Gasteiger partial charge < -0.3 is 29.9 Å². The van der Waals surface area contributed by atoms with E-state index < -0.39 is 23.4 Å². The van der Waals surface area contributed by atoms with Crippen LogP contribution in [0.5, 0.6) is 11.5 Å². The van der Waals surface area contributed by atoms with Crippen molar-refractivity contribution in [3.05, 3.63) is 174 Å². The van der Waals surface area contributed by atoms with Crippen molar-refractivity contribution in [2.75, 3.05) is 53.0 Å². The number of aryl methyl sites for hydroxylation is 1. The highest BCUT2D eigenvalue weighted by molar-refractivity contribution is 6.31. The number of amidine groups is 2. The number of pyridine rings is 2. The van der Waals surface area contributed by atoms with Crippen LogP contribution < -0.4 is 20.1 Å². The molecule has 14 nitrogen and oxygen atoms in total. The van der Waals surface area contributed by atoms with Crippen molar-refractivity contribution in [1.29, 1.82) is 10.8 Å². The average Bonchev–Trinajstić information content (AvgIpc) is 3.30. The van der Waals surface area contributed by atoms with Gasteiger partial charge in [-0.25, -0.2) is 14.4 Å². The van der Waals surface area contributed by atoms with Crippen LogP contribution in [-0.2, 0) is 12.8 Å². The second kappa shape index (κ2) is 22.8. The molecular weight excluding hydrogens is 922 g/mol. The van der Waals surface area contributed by atoms with Gasteiger partial charge in [-0.15, -0.1) is 0 Å². The molecular formula is C49H46Cl3FN8O6. The Kier molecular flexibility index (Phi) is 17.3. The number of rotatable bonds is 14. The van der Waals surface area contributed by atoms with Gasteiger partial charge in [-0.2, -0.15) is 0 Å². The zero-order chi connectivity index (χ0) is 49.1. The molecule has 18 heteroatoms. The molecule has 6 rings (SSSR count). The monoisotopic (exact) mass is 966 g/mol. The number of aromatic nitrogens is 2. The van der Waals surface area contributed by atoms with Crippen LogP contribution in [0.2, 0.25) is 15.1 Å². The maximum Gasteiger partial charge on any atom is 0.257 e. The number of anilines is 2. The van der Waals surface area contributed by atoms with Crippen molar-refractivity contribution in [2.45, 2.75) is 19.8 Å². The summed E-state index contributed by atoms with van der Waals surface area (Å²) in [5, 5.41) is 22.6. The number of ether oxygens (including phenoxy) is 2. The van der Waals surface area contributed by atoms with Crippen molar-refractivity contribution in [3.8, 4) is 11.5 Å². The first-order chi connectivity index (χ1) is 31.8. The van der Waals surface area contributed by atoms with Gasteiger partial charge >= 0.3 is 0 Å². The molecule has 4 N–H and O–H groups in total. The number of ketones is 2. The summed E-state index contributed by atoms with van der Waals surface area (Å²) in [6.07, 6.45) is 2.48. The van der Waals surface area contributed by atoms with Crippen molar-refractivity contribution in [2.24, 2.45) is 0 Å². The summed E-state index contributed by atoms with van der Waals surface area (Å²) < 4.78 is 25.6. The summed E-state index contributed by atoms with van der Waals surface area (Å²) in [7, 11) is 9.79. The molecule has 2 heterocycles. The van der Waals surface area contributed by atoms with Crippen LogP contribution >= 0.6 is 34.8 Å². The number of carbonyl (C=O) groups excluding carboxylic acids is 4. The summed E-state index contributed by atoms with van der Waals surface area (Å²) in [6.45, 7) is 1.80. The molecule has 4 aromatic carbocycles. The summed E-state index contributed by atoms with van der Waals surface area (Å²) in [5.74, 6) is -0.731. The molecule has 0 atom stereocenters. The highest BCUT2D eigenvalue weighted by atomic mass is 35.5. The Labute approximate surface area is 402 Å². The average molecular weight is 968 g/mol. The van der Waals surface area contributed by atoms with Gasteiger partial charge in [-0.3, -0.25) is 30.0 Å². The Bertz CT molecular complexity index is 2840. The van der Waals surface area contributed by atoms with Gasteiger partial charge in [0.2, 0.25) is 0 Å². The molecule has 67 heavy (non-hydrogen) atoms. The van der Waals surface area contributed by atoms with Crippen LogP contribution in [-0.4, -0.2) is 97.2 Å². The number of carbonyl (C=O) groups is 4. The second-order valence-corrected chi connectivity index (χ2v) is 16.5. The lowest BCUT2D eigenvalue weighted by Crippen LogP contribution is -2.22. The third kappa shape index (κ3) is 13.2. The van der Waals surface area contributed by atoms with Gasteiger partial charge in [0.15, 0.2) is 11.6 Å². The van der Waals surface area contributed by atoms with Crippen molar-refractivity contribution < 1.29 is 33.0 Å². The van der Waals surface area contributed by atoms with E-state index in [9.17, 15) is 23.6 Å². The summed E-state index contributed by atoms with van der Waals surface area (Å²) in [4.78, 5) is 63.5. The Morgan fingerprint density at radius 1 is 0.582 bits per heavy atom. The quantitative estimate of drug-likeness (QED) is 0.0464. The molecule has 0 radical (unpaired) electrons. The Hall–Kier alpha value is -7.20. The summed E-state index contributed by atoms with van der Waals surface area (Å²) in [6, 6.07) is 23.5. The van der Waals surface area contributed by atoms with E-state index in [1.165, 1.54) is 49.7 Å². The minimum atomic E-state index is -0.739. The van der Waals surface area contributed by atoms with Gasteiger partial charge in [-0.05, 0) is 73.2 Å². The van der Waals surface area contributed by atoms with Gasteiger partial charge in [-0.1, -0.05) is 65.1 Å². The van der Waals surface area contributed by atoms with Crippen molar-refractivity contribution in [1.82, 2.24) is 19.8 Å². The summed E-state index contributed by atoms with van der Waals surface area (Å²) in [5.41, 5.74) is 3.26. The van der Waals surface area contributed by atoms with Gasteiger partial charge in [0.1, 0.15) is 40.6 Å². The van der Waals surface area contributed by atoms with E-state index in [1.807, 2.05) is 0 Å². The number of hydrogen-bond acceptors (Lipinski definition) is 10. The predicted octanol–water partition coefficient (Wildman–Crippen LogP) is 9.72. The van der Waals surface area contributed by atoms with Gasteiger partial charge in [0, 0.05) is 97.4 Å². The Balaban J connectivity index is 0.000000251. The molecule has 0 aliphatic heterocycles. The number of Topliss-reactive ketones (excluding diaryl/α,β-unsaturated/α-hetero) is 2. The van der Waals surface area contributed by atoms with E-state index in [0.29, 0.717) is 66.0 Å². The lowest BCUT2D eigenvalue weighted by atomic mass is 9.95. The van der Waals surface area contributed by atoms with E-state index in [2.05, 4.69) is 20.6 Å². The molecule has 6 aromatic rings. The third-order valence-corrected chi connectivity index (χ3v) is 10.7. The first kappa shape index (κ1) is 50.8. The van der Waals surface area contributed by atoms with Gasteiger partial charge in [0.05, 0.1) is 29.8 Å². The van der Waals surface area contributed by atoms with E-state index in [4.69, 9.17) is 55.1 Å². The molecule has 0 aliphatic rings. The number of nitrogens with zero attached hydrogens (tertiary/aromatic N) is 4. The van der Waals surface area contributed by atoms with Crippen molar-refractivity contribution in [3.63, 3.8) is 0 Å². The number of hydrogen-bond donors (Lipinski definition) is 4. The molecule has 0 aliphatic carbocycles. The lowest BCUT2D eigenvalue weighted by Gasteiger charge is -2.16. The topological polar surface area (TPSA) is 191 Å². The van der Waals surface area contributed by atoms with E-state index in [-0.39, 0.29) is 47.0 Å². The van der Waals surface area contributed by atoms with E-state index >= 15 is 0 Å². The van der Waals surface area contributed by atoms with E-state index in [1.54, 1.807) is 107 Å². The van der Waals surface area contributed by atoms with E-state index in [0.717, 1.165) is 11.6 Å². The minimum Gasteiger partial charge on any atom is -0.496 e. The largest absolute Gasteiger partial charge is 0.496 e. The summed E-state index contributed by atoms with van der Waals surface area (Å²) >= 11 is 17.9. The highest BCUT2D eigenvalue weighted by Crippen LogP contribution is 2.31. The van der Waals surface area contributed by atoms with Gasteiger partial charge in [0.25, 0.3) is 11.8 Å². The maximum atomic E-state index is 14.8. The standard InChI is InChI=1S/C25H24ClFN4O3.C24H22Cl2N4O3/c1-14-9-19(25(33)30-23-8-6-16(26)13-29-23)18(22(10-14)34-4)12-21(32)17-7-5-15(11-20(17)27)24(28)31(2)3;1-30(2)23(27)15-6-4-14(5-7-15)20(31)12-18-19(10-17(26)11-21(18)33-3)24(32)29-22-9-8-16(25)13-28-22/h5-11,13,28H,12H2,1-4H3,(H,29,30,33);4-11,13,27H,12H2,1-3H3,(H,28,29,32). The SMILES string of the molecule is COc1cc(C)cc(C(=O)Nc2ccc(Cl)cn2)c1CC(=O)c1ccc(C(=N)N(C)C)cc1F.COc1cc(Cl)cc(C(=O)Nc2ccc(Cl)cn2)c1CC(=O)c1ccc(C(=N)N(C)C)cc1. The molecule has 0 unspecified atom stereocenters. The van der Waals surface area contributed by atoms with Crippen LogP contribution in [0.3, 0.4) is 0 Å². The zero-order valence-electron chi connectivity index (χ0n) is 37.5. The number of nitrogens with one attached hydrogen (secondary N) is 4. The molecule has 0 spiro atoms. The molecule has 0 saturated heterocycles. The fraction of sp³-hybridized carbons (Fsp3) is 0.184. The first-order valence-corrected chi connectivity index (χ1v) is 21.3. The van der Waals surface area contributed by atoms with Crippen molar-refractivity contribution >= 4 is 81.5 Å².